The van der Waals surface area contributed by atoms with E-state index < -0.39 is 11.9 Å². The van der Waals surface area contributed by atoms with Crippen LogP contribution < -0.4 is 4.90 Å². The summed E-state index contributed by atoms with van der Waals surface area (Å²) in [5.74, 6) is -1.36. The van der Waals surface area contributed by atoms with Crippen molar-refractivity contribution < 1.29 is 14.3 Å². The van der Waals surface area contributed by atoms with Crippen LogP contribution in [0.25, 0.3) is 0 Å². The minimum atomic E-state index is -0.791. The Labute approximate surface area is 113 Å². The molecule has 0 saturated carbocycles. The van der Waals surface area contributed by atoms with E-state index in [9.17, 15) is 9.18 Å². The fourth-order valence-corrected chi connectivity index (χ4v) is 2.77. The number of carbonyl (C=O) groups is 1. The molecule has 4 heteroatoms. The molecule has 2 atom stereocenters. The van der Waals surface area contributed by atoms with E-state index in [0.29, 0.717) is 12.5 Å². The van der Waals surface area contributed by atoms with Gasteiger partial charge in [0.25, 0.3) is 0 Å². The molecule has 1 aromatic carbocycles. The van der Waals surface area contributed by atoms with E-state index in [2.05, 4.69) is 18.7 Å². The minimum Gasteiger partial charge on any atom is -0.481 e. The molecule has 2 rings (SSSR count). The van der Waals surface area contributed by atoms with Crippen LogP contribution in [0.1, 0.15) is 38.7 Å². The molecule has 1 aromatic rings. The zero-order valence-corrected chi connectivity index (χ0v) is 11.6. The number of carboxylic acid groups (broad SMARTS) is 1. The third-order valence-electron chi connectivity index (χ3n) is 3.84. The fraction of sp³-hybridized carbons (Fsp3) is 0.533. The van der Waals surface area contributed by atoms with Gasteiger partial charge in [0.1, 0.15) is 5.82 Å². The molecular formula is C15H20FNO2. The van der Waals surface area contributed by atoms with Crippen molar-refractivity contribution in [3.05, 3.63) is 29.6 Å². The molecule has 1 aliphatic heterocycles. The summed E-state index contributed by atoms with van der Waals surface area (Å²) < 4.78 is 13.4. The third kappa shape index (κ3) is 2.72. The first-order valence-corrected chi connectivity index (χ1v) is 6.69. The Balaban J connectivity index is 2.29. The SMILES string of the molecule is CC(CC1CN(C(C)C)c2ccc(F)cc21)C(=O)O. The number of halogens is 1. The van der Waals surface area contributed by atoms with Crippen molar-refractivity contribution in [3.63, 3.8) is 0 Å². The standard InChI is InChI=1S/C15H20FNO2/c1-9(2)17-8-11(6-10(3)15(18)19)13-7-12(16)4-5-14(13)17/h4-5,7,9-11H,6,8H2,1-3H3,(H,18,19). The summed E-state index contributed by atoms with van der Waals surface area (Å²) in [6, 6.07) is 5.15. The largest absolute Gasteiger partial charge is 0.481 e. The van der Waals surface area contributed by atoms with E-state index in [1.54, 1.807) is 19.1 Å². The van der Waals surface area contributed by atoms with Gasteiger partial charge < -0.3 is 10.0 Å². The van der Waals surface area contributed by atoms with Crippen molar-refractivity contribution in [3.8, 4) is 0 Å². The predicted molar refractivity (Wildman–Crippen MR) is 73.0 cm³/mol. The van der Waals surface area contributed by atoms with Gasteiger partial charge in [-0.05, 0) is 44.0 Å². The summed E-state index contributed by atoms with van der Waals surface area (Å²) in [6.45, 7) is 6.67. The number of carboxylic acids is 1. The molecule has 2 unspecified atom stereocenters. The molecule has 0 amide bonds. The zero-order valence-electron chi connectivity index (χ0n) is 11.6. The van der Waals surface area contributed by atoms with E-state index >= 15 is 0 Å². The summed E-state index contributed by atoms with van der Waals surface area (Å²) in [4.78, 5) is 13.2. The lowest BCUT2D eigenvalue weighted by atomic mass is 9.91. The number of fused-ring (bicyclic) bond motifs is 1. The normalized spacial score (nSPS) is 19.6. The molecule has 0 spiro atoms. The van der Waals surface area contributed by atoms with Crippen LogP contribution in [0.4, 0.5) is 10.1 Å². The molecule has 1 aliphatic rings. The zero-order chi connectivity index (χ0) is 14.2. The van der Waals surface area contributed by atoms with Gasteiger partial charge >= 0.3 is 5.97 Å². The molecule has 0 fully saturated rings. The van der Waals surface area contributed by atoms with Gasteiger partial charge in [-0.25, -0.2) is 4.39 Å². The van der Waals surface area contributed by atoms with Crippen molar-refractivity contribution in [2.24, 2.45) is 5.92 Å². The molecule has 3 nitrogen and oxygen atoms in total. The highest BCUT2D eigenvalue weighted by Crippen LogP contribution is 2.40. The van der Waals surface area contributed by atoms with Crippen LogP contribution in [-0.2, 0) is 4.79 Å². The van der Waals surface area contributed by atoms with E-state index in [0.717, 1.165) is 17.8 Å². The van der Waals surface area contributed by atoms with Crippen LogP contribution in [0.2, 0.25) is 0 Å². The van der Waals surface area contributed by atoms with Crippen molar-refractivity contribution in [2.75, 3.05) is 11.4 Å². The Bertz CT molecular complexity index is 487. The number of nitrogens with zero attached hydrogens (tertiary/aromatic N) is 1. The Morgan fingerprint density at radius 2 is 2.16 bits per heavy atom. The monoisotopic (exact) mass is 265 g/mol. The number of hydrogen-bond acceptors (Lipinski definition) is 2. The molecule has 0 aromatic heterocycles. The Kier molecular flexibility index (Phi) is 3.78. The Morgan fingerprint density at radius 1 is 1.47 bits per heavy atom. The molecule has 0 bridgehead atoms. The maximum atomic E-state index is 13.4. The van der Waals surface area contributed by atoms with Gasteiger partial charge in [0.05, 0.1) is 5.92 Å². The van der Waals surface area contributed by atoms with Gasteiger partial charge in [0.15, 0.2) is 0 Å². The molecule has 0 saturated heterocycles. The molecule has 104 valence electrons. The van der Waals surface area contributed by atoms with E-state index in [1.165, 1.54) is 6.07 Å². The average molecular weight is 265 g/mol. The van der Waals surface area contributed by atoms with Crippen molar-refractivity contribution in [1.82, 2.24) is 0 Å². The number of aliphatic carboxylic acids is 1. The van der Waals surface area contributed by atoms with Gasteiger partial charge in [0, 0.05) is 24.2 Å². The summed E-state index contributed by atoms with van der Waals surface area (Å²) in [5.41, 5.74) is 1.99. The smallest absolute Gasteiger partial charge is 0.306 e. The van der Waals surface area contributed by atoms with Crippen molar-refractivity contribution in [2.45, 2.75) is 39.2 Å². The van der Waals surface area contributed by atoms with Gasteiger partial charge in [0.2, 0.25) is 0 Å². The first-order valence-electron chi connectivity index (χ1n) is 6.69. The molecular weight excluding hydrogens is 245 g/mol. The number of rotatable bonds is 4. The summed E-state index contributed by atoms with van der Waals surface area (Å²) >= 11 is 0. The van der Waals surface area contributed by atoms with Crippen molar-refractivity contribution >= 4 is 11.7 Å². The summed E-state index contributed by atoms with van der Waals surface area (Å²) in [7, 11) is 0. The van der Waals surface area contributed by atoms with Crippen LogP contribution in [-0.4, -0.2) is 23.7 Å². The van der Waals surface area contributed by atoms with Crippen LogP contribution in [0.5, 0.6) is 0 Å². The summed E-state index contributed by atoms with van der Waals surface area (Å²) in [6.07, 6.45) is 0.551. The minimum absolute atomic E-state index is 0.0965. The van der Waals surface area contributed by atoms with E-state index in [1.807, 2.05) is 0 Å². The molecule has 1 N–H and O–H groups in total. The number of anilines is 1. The highest BCUT2D eigenvalue weighted by Gasteiger charge is 2.32. The van der Waals surface area contributed by atoms with Gasteiger partial charge in [-0.1, -0.05) is 6.92 Å². The van der Waals surface area contributed by atoms with E-state index in [-0.39, 0.29) is 11.7 Å². The quantitative estimate of drug-likeness (QED) is 0.908. The lowest BCUT2D eigenvalue weighted by Gasteiger charge is -2.24. The molecule has 0 aliphatic carbocycles. The second-order valence-corrected chi connectivity index (χ2v) is 5.62. The average Bonchev–Trinajstić information content (AvgIpc) is 2.67. The second-order valence-electron chi connectivity index (χ2n) is 5.62. The van der Waals surface area contributed by atoms with E-state index in [4.69, 9.17) is 5.11 Å². The van der Waals surface area contributed by atoms with Gasteiger partial charge in [-0.15, -0.1) is 0 Å². The summed E-state index contributed by atoms with van der Waals surface area (Å²) in [5, 5.41) is 9.03. The first-order chi connectivity index (χ1) is 8.90. The van der Waals surface area contributed by atoms with Crippen LogP contribution in [0, 0.1) is 11.7 Å². The van der Waals surface area contributed by atoms with Gasteiger partial charge in [-0.3, -0.25) is 4.79 Å². The van der Waals surface area contributed by atoms with Crippen LogP contribution >= 0.6 is 0 Å². The highest BCUT2D eigenvalue weighted by molar-refractivity contribution is 5.70. The maximum Gasteiger partial charge on any atom is 0.306 e. The fourth-order valence-electron chi connectivity index (χ4n) is 2.77. The predicted octanol–water partition coefficient (Wildman–Crippen LogP) is 3.25. The van der Waals surface area contributed by atoms with Crippen LogP contribution in [0.3, 0.4) is 0 Å². The Hall–Kier alpha value is -1.58. The highest BCUT2D eigenvalue weighted by atomic mass is 19.1. The van der Waals surface area contributed by atoms with Gasteiger partial charge in [-0.2, -0.15) is 0 Å². The first kappa shape index (κ1) is 13.8. The van der Waals surface area contributed by atoms with Crippen LogP contribution in [0.15, 0.2) is 18.2 Å². The molecule has 19 heavy (non-hydrogen) atoms. The Morgan fingerprint density at radius 3 is 2.74 bits per heavy atom. The topological polar surface area (TPSA) is 40.5 Å². The number of hydrogen-bond donors (Lipinski definition) is 1. The van der Waals surface area contributed by atoms with Crippen molar-refractivity contribution in [1.29, 1.82) is 0 Å². The molecule has 0 radical (unpaired) electrons. The lowest BCUT2D eigenvalue weighted by molar-refractivity contribution is -0.141. The number of benzene rings is 1. The third-order valence-corrected chi connectivity index (χ3v) is 3.84. The molecule has 1 heterocycles. The second kappa shape index (κ2) is 5.19. The maximum absolute atomic E-state index is 13.4. The lowest BCUT2D eigenvalue weighted by Crippen LogP contribution is -2.30.